The minimum Gasteiger partial charge on any atom is -0.496 e. The lowest BCUT2D eigenvalue weighted by atomic mass is 10.2. The Hall–Kier alpha value is -2.28. The van der Waals surface area contributed by atoms with Crippen LogP contribution in [0.1, 0.15) is 0 Å². The predicted octanol–water partition coefficient (Wildman–Crippen LogP) is 4.12. The van der Waals surface area contributed by atoms with Gasteiger partial charge in [-0.15, -0.1) is 0 Å². The molecule has 0 saturated carbocycles. The highest BCUT2D eigenvalue weighted by Crippen LogP contribution is 2.37. The van der Waals surface area contributed by atoms with E-state index in [-0.39, 0.29) is 5.69 Å². The molecule has 6 nitrogen and oxygen atoms in total. The first-order valence-corrected chi connectivity index (χ1v) is 6.78. The summed E-state index contributed by atoms with van der Waals surface area (Å²) in [7, 11) is 3.03. The van der Waals surface area contributed by atoms with Gasteiger partial charge >= 0.3 is 0 Å². The van der Waals surface area contributed by atoms with Gasteiger partial charge in [0, 0.05) is 11.8 Å². The number of nitro benzene ring substituents is 1. The number of nitrogens with zero attached hydrogens (tertiary/aromatic N) is 1. The number of benzene rings is 2. The molecule has 7 heteroatoms. The van der Waals surface area contributed by atoms with Crippen LogP contribution in [0.3, 0.4) is 0 Å². The maximum Gasteiger partial charge on any atom is 0.296 e. The number of hydrogen-bond donors (Lipinski definition) is 1. The minimum atomic E-state index is -0.455. The molecule has 2 rings (SSSR count). The number of hydrogen-bond acceptors (Lipinski definition) is 5. The molecule has 2 aromatic rings. The van der Waals surface area contributed by atoms with Crippen molar-refractivity contribution in [1.82, 2.24) is 0 Å². The quantitative estimate of drug-likeness (QED) is 0.647. The molecule has 110 valence electrons. The molecule has 0 bridgehead atoms. The van der Waals surface area contributed by atoms with Crippen molar-refractivity contribution in [2.45, 2.75) is 0 Å². The normalized spacial score (nSPS) is 10.0. The largest absolute Gasteiger partial charge is 0.496 e. The van der Waals surface area contributed by atoms with Crippen LogP contribution in [-0.4, -0.2) is 19.1 Å². The summed E-state index contributed by atoms with van der Waals surface area (Å²) in [6.07, 6.45) is 0. The number of ether oxygens (including phenoxy) is 2. The molecule has 0 amide bonds. The Morgan fingerprint density at radius 1 is 1.14 bits per heavy atom. The Morgan fingerprint density at radius 2 is 1.86 bits per heavy atom. The maximum atomic E-state index is 11.1. The van der Waals surface area contributed by atoms with E-state index in [1.54, 1.807) is 37.4 Å². The van der Waals surface area contributed by atoms with Crippen LogP contribution in [-0.2, 0) is 0 Å². The standard InChI is InChI=1S/C14H13BrN2O4/c1-20-12-7-6-9(8-10(12)15)16-14-11(17(18)19)4-3-5-13(14)21-2/h3-8,16H,1-2H3. The number of rotatable bonds is 5. The first-order valence-electron chi connectivity index (χ1n) is 5.98. The first-order chi connectivity index (χ1) is 10.1. The molecule has 0 fully saturated rings. The molecule has 0 aliphatic rings. The van der Waals surface area contributed by atoms with Gasteiger partial charge < -0.3 is 14.8 Å². The number of para-hydroxylation sites is 1. The third-order valence-corrected chi connectivity index (χ3v) is 3.46. The topological polar surface area (TPSA) is 73.6 Å². The molecule has 0 aliphatic carbocycles. The number of anilines is 2. The van der Waals surface area contributed by atoms with Gasteiger partial charge in [0.2, 0.25) is 0 Å². The maximum absolute atomic E-state index is 11.1. The molecule has 0 atom stereocenters. The highest BCUT2D eigenvalue weighted by Gasteiger charge is 2.18. The van der Waals surface area contributed by atoms with Crippen molar-refractivity contribution < 1.29 is 14.4 Å². The molecular weight excluding hydrogens is 340 g/mol. The zero-order valence-electron chi connectivity index (χ0n) is 11.4. The van der Waals surface area contributed by atoms with E-state index in [0.717, 1.165) is 4.47 Å². The van der Waals surface area contributed by atoms with Crippen LogP contribution in [0.15, 0.2) is 40.9 Å². The van der Waals surface area contributed by atoms with Crippen LogP contribution in [0, 0.1) is 10.1 Å². The average molecular weight is 353 g/mol. The van der Waals surface area contributed by atoms with E-state index >= 15 is 0 Å². The van der Waals surface area contributed by atoms with Crippen molar-refractivity contribution in [2.75, 3.05) is 19.5 Å². The molecule has 0 radical (unpaired) electrons. The molecule has 1 N–H and O–H groups in total. The smallest absolute Gasteiger partial charge is 0.296 e. The Morgan fingerprint density at radius 3 is 2.43 bits per heavy atom. The lowest BCUT2D eigenvalue weighted by Crippen LogP contribution is -2.00. The summed E-state index contributed by atoms with van der Waals surface area (Å²) in [5, 5.41) is 14.1. The number of methoxy groups -OCH3 is 2. The van der Waals surface area contributed by atoms with E-state index in [1.165, 1.54) is 13.2 Å². The van der Waals surface area contributed by atoms with E-state index in [0.29, 0.717) is 22.9 Å². The average Bonchev–Trinajstić information content (AvgIpc) is 2.47. The SMILES string of the molecule is COc1ccc(Nc2c(OC)cccc2[N+](=O)[O-])cc1Br. The third kappa shape index (κ3) is 3.25. The Bertz CT molecular complexity index is 676. The second-order valence-corrected chi connectivity index (χ2v) is 4.94. The highest BCUT2D eigenvalue weighted by atomic mass is 79.9. The van der Waals surface area contributed by atoms with Crippen molar-refractivity contribution in [2.24, 2.45) is 0 Å². The van der Waals surface area contributed by atoms with E-state index in [9.17, 15) is 10.1 Å². The zero-order chi connectivity index (χ0) is 15.4. The molecule has 21 heavy (non-hydrogen) atoms. The van der Waals surface area contributed by atoms with Gasteiger partial charge in [-0.1, -0.05) is 6.07 Å². The molecule has 0 unspecified atom stereocenters. The fourth-order valence-corrected chi connectivity index (χ4v) is 2.40. The molecular formula is C14H13BrN2O4. The van der Waals surface area contributed by atoms with E-state index in [4.69, 9.17) is 9.47 Å². The summed E-state index contributed by atoms with van der Waals surface area (Å²) in [6.45, 7) is 0. The van der Waals surface area contributed by atoms with Crippen LogP contribution in [0.5, 0.6) is 11.5 Å². The van der Waals surface area contributed by atoms with Gasteiger partial charge in [-0.25, -0.2) is 0 Å². The summed E-state index contributed by atoms with van der Waals surface area (Å²) < 4.78 is 11.1. The fraction of sp³-hybridized carbons (Fsp3) is 0.143. The minimum absolute atomic E-state index is 0.0544. The van der Waals surface area contributed by atoms with E-state index < -0.39 is 4.92 Å². The number of nitro groups is 1. The summed E-state index contributed by atoms with van der Waals surface area (Å²) in [5.74, 6) is 1.08. The lowest BCUT2D eigenvalue weighted by Gasteiger charge is -2.12. The predicted molar refractivity (Wildman–Crippen MR) is 83.6 cm³/mol. The molecule has 0 saturated heterocycles. The van der Waals surface area contributed by atoms with Crippen LogP contribution >= 0.6 is 15.9 Å². The van der Waals surface area contributed by atoms with Gasteiger partial charge in [0.05, 0.1) is 23.6 Å². The molecule has 0 heterocycles. The van der Waals surface area contributed by atoms with E-state index in [2.05, 4.69) is 21.2 Å². The van der Waals surface area contributed by atoms with Gasteiger partial charge in [-0.05, 0) is 40.2 Å². The van der Waals surface area contributed by atoms with Gasteiger partial charge in [-0.2, -0.15) is 0 Å². The highest BCUT2D eigenvalue weighted by molar-refractivity contribution is 9.10. The van der Waals surface area contributed by atoms with Gasteiger partial charge in [0.25, 0.3) is 5.69 Å². The zero-order valence-corrected chi connectivity index (χ0v) is 13.0. The third-order valence-electron chi connectivity index (χ3n) is 2.84. The van der Waals surface area contributed by atoms with Crippen LogP contribution in [0.2, 0.25) is 0 Å². The van der Waals surface area contributed by atoms with Crippen molar-refractivity contribution in [1.29, 1.82) is 0 Å². The van der Waals surface area contributed by atoms with Crippen molar-refractivity contribution in [3.05, 3.63) is 51.0 Å². The van der Waals surface area contributed by atoms with Gasteiger partial charge in [-0.3, -0.25) is 10.1 Å². The second kappa shape index (κ2) is 6.45. The second-order valence-electron chi connectivity index (χ2n) is 4.09. The van der Waals surface area contributed by atoms with Crippen LogP contribution in [0.25, 0.3) is 0 Å². The Kier molecular flexibility index (Phi) is 4.64. The summed E-state index contributed by atoms with van der Waals surface area (Å²) in [4.78, 5) is 10.7. The van der Waals surface area contributed by atoms with E-state index in [1.807, 2.05) is 0 Å². The van der Waals surface area contributed by atoms with Gasteiger partial charge in [0.1, 0.15) is 11.5 Å². The number of halogens is 1. The van der Waals surface area contributed by atoms with Crippen molar-refractivity contribution in [3.8, 4) is 11.5 Å². The van der Waals surface area contributed by atoms with Crippen LogP contribution < -0.4 is 14.8 Å². The summed E-state index contributed by atoms with van der Waals surface area (Å²) in [5.41, 5.74) is 0.929. The van der Waals surface area contributed by atoms with Crippen molar-refractivity contribution in [3.63, 3.8) is 0 Å². The number of nitrogens with one attached hydrogen (secondary N) is 1. The molecule has 2 aromatic carbocycles. The summed E-state index contributed by atoms with van der Waals surface area (Å²) in [6, 6.07) is 9.95. The Labute approximate surface area is 130 Å². The van der Waals surface area contributed by atoms with Gasteiger partial charge in [0.15, 0.2) is 5.69 Å². The first kappa shape index (κ1) is 15.1. The summed E-state index contributed by atoms with van der Waals surface area (Å²) >= 11 is 3.37. The molecule has 0 aliphatic heterocycles. The Balaban J connectivity index is 2.43. The molecule has 0 aromatic heterocycles. The van der Waals surface area contributed by atoms with Crippen molar-refractivity contribution >= 4 is 33.0 Å². The van der Waals surface area contributed by atoms with Crippen LogP contribution in [0.4, 0.5) is 17.1 Å². The fourth-order valence-electron chi connectivity index (χ4n) is 1.86. The molecule has 0 spiro atoms. The lowest BCUT2D eigenvalue weighted by molar-refractivity contribution is -0.384. The monoisotopic (exact) mass is 352 g/mol.